The second-order valence-corrected chi connectivity index (χ2v) is 8.18. The van der Waals surface area contributed by atoms with Crippen LogP contribution in [0.4, 0.5) is 4.79 Å². The Morgan fingerprint density at radius 1 is 1.35 bits per heavy atom. The number of hydrogen-bond acceptors (Lipinski definition) is 4. The van der Waals surface area contributed by atoms with E-state index in [-0.39, 0.29) is 17.4 Å². The number of carbonyl (C=O) groups excluding carboxylic acids is 1. The van der Waals surface area contributed by atoms with Gasteiger partial charge in [0.2, 0.25) is 0 Å². The molecule has 26 heavy (non-hydrogen) atoms. The lowest BCUT2D eigenvalue weighted by Crippen LogP contribution is -2.41. The highest BCUT2D eigenvalue weighted by Gasteiger charge is 2.29. The minimum absolute atomic E-state index is 0.0230. The number of ether oxygens (including phenoxy) is 1. The van der Waals surface area contributed by atoms with Crippen molar-refractivity contribution in [1.29, 1.82) is 0 Å². The number of piperidine rings is 1. The molecule has 140 valence electrons. The van der Waals surface area contributed by atoms with Crippen molar-refractivity contribution < 1.29 is 9.53 Å². The highest BCUT2D eigenvalue weighted by molar-refractivity contribution is 5.67. The van der Waals surface area contributed by atoms with Crippen LogP contribution in [0, 0.1) is 5.41 Å². The van der Waals surface area contributed by atoms with Crippen molar-refractivity contribution in [3.8, 4) is 0 Å². The van der Waals surface area contributed by atoms with Gasteiger partial charge in [-0.25, -0.2) is 9.78 Å². The Hall–Kier alpha value is -2.37. The van der Waals surface area contributed by atoms with E-state index in [1.54, 1.807) is 6.20 Å². The van der Waals surface area contributed by atoms with Gasteiger partial charge in [0.25, 0.3) is 0 Å². The van der Waals surface area contributed by atoms with E-state index >= 15 is 0 Å². The first-order valence-corrected chi connectivity index (χ1v) is 9.24. The van der Waals surface area contributed by atoms with Crippen LogP contribution >= 0.6 is 0 Å². The van der Waals surface area contributed by atoms with E-state index in [4.69, 9.17) is 4.74 Å². The van der Waals surface area contributed by atoms with Crippen molar-refractivity contribution in [1.82, 2.24) is 19.4 Å². The fourth-order valence-electron chi connectivity index (χ4n) is 3.23. The van der Waals surface area contributed by atoms with Crippen LogP contribution in [0.15, 0.2) is 36.9 Å². The van der Waals surface area contributed by atoms with Gasteiger partial charge in [0.05, 0.1) is 13.2 Å². The highest BCUT2D eigenvalue weighted by atomic mass is 16.6. The zero-order chi connectivity index (χ0) is 18.6. The molecular weight excluding hydrogens is 328 g/mol. The van der Waals surface area contributed by atoms with E-state index in [9.17, 15) is 4.79 Å². The maximum Gasteiger partial charge on any atom is 0.409 e. The predicted molar refractivity (Wildman–Crippen MR) is 99.9 cm³/mol. The minimum Gasteiger partial charge on any atom is -0.449 e. The third-order valence-corrected chi connectivity index (χ3v) is 4.50. The summed E-state index contributed by atoms with van der Waals surface area (Å²) in [4.78, 5) is 23.0. The van der Waals surface area contributed by atoms with E-state index in [1.807, 2.05) is 29.6 Å². The Morgan fingerprint density at radius 3 is 2.92 bits per heavy atom. The molecule has 0 bridgehead atoms. The second-order valence-electron chi connectivity index (χ2n) is 8.18. The standard InChI is InChI=1S/C20H28N4O2/c1-20(2,3)15-26-19(25)24-10-5-7-17(14-24)18-22-9-11-23(18)13-16-6-4-8-21-12-16/h4,6,8-9,11-12,17H,5,7,10,13-15H2,1-3H3/t17-/m0/s1. The number of aromatic nitrogens is 3. The first-order valence-electron chi connectivity index (χ1n) is 9.24. The molecule has 1 amide bonds. The summed E-state index contributed by atoms with van der Waals surface area (Å²) in [7, 11) is 0. The molecule has 0 N–H and O–H groups in total. The topological polar surface area (TPSA) is 60.2 Å². The van der Waals surface area contributed by atoms with Crippen LogP contribution in [0.5, 0.6) is 0 Å². The third kappa shape index (κ3) is 4.84. The van der Waals surface area contributed by atoms with E-state index < -0.39 is 0 Å². The van der Waals surface area contributed by atoms with Gasteiger partial charge in [0.1, 0.15) is 5.82 Å². The smallest absolute Gasteiger partial charge is 0.409 e. The second kappa shape index (κ2) is 7.89. The fourth-order valence-corrected chi connectivity index (χ4v) is 3.23. The third-order valence-electron chi connectivity index (χ3n) is 4.50. The van der Waals surface area contributed by atoms with Crippen molar-refractivity contribution in [3.05, 3.63) is 48.3 Å². The molecule has 1 aliphatic heterocycles. The zero-order valence-corrected chi connectivity index (χ0v) is 15.9. The number of likely N-dealkylation sites (tertiary alicyclic amines) is 1. The Balaban J connectivity index is 1.65. The van der Waals surface area contributed by atoms with Gasteiger partial charge in [0, 0.05) is 43.8 Å². The minimum atomic E-state index is -0.213. The van der Waals surface area contributed by atoms with Crippen molar-refractivity contribution in [3.63, 3.8) is 0 Å². The summed E-state index contributed by atoms with van der Waals surface area (Å²) in [5.74, 6) is 1.26. The normalized spacial score (nSPS) is 18.0. The lowest BCUT2D eigenvalue weighted by Gasteiger charge is -2.32. The van der Waals surface area contributed by atoms with Gasteiger partial charge in [-0.15, -0.1) is 0 Å². The Kier molecular flexibility index (Phi) is 5.59. The molecule has 6 nitrogen and oxygen atoms in total. The molecule has 3 rings (SSSR count). The van der Waals surface area contributed by atoms with Crippen molar-refractivity contribution >= 4 is 6.09 Å². The molecule has 1 saturated heterocycles. The number of amides is 1. The van der Waals surface area contributed by atoms with Gasteiger partial charge in [-0.1, -0.05) is 26.8 Å². The largest absolute Gasteiger partial charge is 0.449 e. The molecular formula is C20H28N4O2. The molecule has 0 saturated carbocycles. The maximum atomic E-state index is 12.4. The van der Waals surface area contributed by atoms with Crippen LogP contribution < -0.4 is 0 Å². The Labute approximate surface area is 155 Å². The number of pyridine rings is 1. The first kappa shape index (κ1) is 18.4. The van der Waals surface area contributed by atoms with Crippen LogP contribution in [0.2, 0.25) is 0 Å². The van der Waals surface area contributed by atoms with Gasteiger partial charge in [0.15, 0.2) is 0 Å². The molecule has 1 aliphatic rings. The number of rotatable bonds is 4. The molecule has 3 heterocycles. The lowest BCUT2D eigenvalue weighted by atomic mass is 9.97. The fraction of sp³-hybridized carbons (Fsp3) is 0.550. The number of hydrogen-bond donors (Lipinski definition) is 0. The summed E-state index contributed by atoms with van der Waals surface area (Å²) in [6.45, 7) is 8.78. The summed E-state index contributed by atoms with van der Waals surface area (Å²) in [6, 6.07) is 4.01. The van der Waals surface area contributed by atoms with E-state index in [2.05, 4.69) is 41.4 Å². The molecule has 0 spiro atoms. The van der Waals surface area contributed by atoms with Crippen LogP contribution in [-0.2, 0) is 11.3 Å². The molecule has 1 fully saturated rings. The zero-order valence-electron chi connectivity index (χ0n) is 15.9. The van der Waals surface area contributed by atoms with Crippen molar-refractivity contribution in [2.45, 2.75) is 46.1 Å². The SMILES string of the molecule is CC(C)(C)COC(=O)N1CCC[C@H](c2nccn2Cc2cccnc2)C1. The molecule has 6 heteroatoms. The molecule has 2 aromatic rings. The summed E-state index contributed by atoms with van der Waals surface area (Å²) >= 11 is 0. The van der Waals surface area contributed by atoms with E-state index in [1.165, 1.54) is 0 Å². The molecule has 0 unspecified atom stereocenters. The summed E-state index contributed by atoms with van der Waals surface area (Å²) in [5, 5.41) is 0. The van der Waals surface area contributed by atoms with Crippen LogP contribution in [0.3, 0.4) is 0 Å². The van der Waals surface area contributed by atoms with Gasteiger partial charge in [-0.05, 0) is 29.9 Å². The maximum absolute atomic E-state index is 12.4. The van der Waals surface area contributed by atoms with E-state index in [0.717, 1.165) is 37.3 Å². The highest BCUT2D eigenvalue weighted by Crippen LogP contribution is 2.27. The molecule has 0 radical (unpaired) electrons. The van der Waals surface area contributed by atoms with Crippen LogP contribution in [-0.4, -0.2) is 45.2 Å². The Morgan fingerprint density at radius 2 is 2.19 bits per heavy atom. The van der Waals surface area contributed by atoms with Crippen molar-refractivity contribution in [2.75, 3.05) is 19.7 Å². The molecule has 0 aliphatic carbocycles. The first-order chi connectivity index (χ1) is 12.4. The molecule has 0 aromatic carbocycles. The predicted octanol–water partition coefficient (Wildman–Crippen LogP) is 3.69. The number of nitrogens with zero attached hydrogens (tertiary/aromatic N) is 4. The molecule has 2 aromatic heterocycles. The van der Waals surface area contributed by atoms with E-state index in [0.29, 0.717) is 13.2 Å². The summed E-state index contributed by atoms with van der Waals surface area (Å²) in [6.07, 6.45) is 9.28. The summed E-state index contributed by atoms with van der Waals surface area (Å²) in [5.41, 5.74) is 1.12. The monoisotopic (exact) mass is 356 g/mol. The van der Waals surface area contributed by atoms with Gasteiger partial charge in [-0.2, -0.15) is 0 Å². The van der Waals surface area contributed by atoms with Gasteiger partial charge in [-0.3, -0.25) is 4.98 Å². The Bertz CT molecular complexity index is 721. The van der Waals surface area contributed by atoms with Crippen LogP contribution in [0.1, 0.15) is 50.9 Å². The quantitative estimate of drug-likeness (QED) is 0.838. The van der Waals surface area contributed by atoms with Crippen LogP contribution in [0.25, 0.3) is 0 Å². The summed E-state index contributed by atoms with van der Waals surface area (Å²) < 4.78 is 7.65. The van der Waals surface area contributed by atoms with Crippen molar-refractivity contribution in [2.24, 2.45) is 5.41 Å². The van der Waals surface area contributed by atoms with Gasteiger partial charge < -0.3 is 14.2 Å². The molecule has 1 atom stereocenters. The average molecular weight is 356 g/mol. The number of carbonyl (C=O) groups is 1. The lowest BCUT2D eigenvalue weighted by molar-refractivity contribution is 0.0640. The average Bonchev–Trinajstić information content (AvgIpc) is 3.08. The van der Waals surface area contributed by atoms with Gasteiger partial charge >= 0.3 is 6.09 Å². The number of imidazole rings is 1.